The van der Waals surface area contributed by atoms with Gasteiger partial charge in [-0.15, -0.1) is 0 Å². The molecule has 0 radical (unpaired) electrons. The Bertz CT molecular complexity index is 499. The van der Waals surface area contributed by atoms with Crippen LogP contribution in [0, 0.1) is 11.7 Å². The molecule has 1 fully saturated rings. The lowest BCUT2D eigenvalue weighted by atomic mass is 10.0. The second-order valence-electron chi connectivity index (χ2n) is 4.58. The maximum Gasteiger partial charge on any atom is 0.340 e. The zero-order valence-corrected chi connectivity index (χ0v) is 10.3. The second kappa shape index (κ2) is 5.79. The van der Waals surface area contributed by atoms with Crippen LogP contribution in [0.4, 0.5) is 10.1 Å². The molecule has 1 atom stereocenters. The van der Waals surface area contributed by atoms with Crippen LogP contribution in [0.25, 0.3) is 0 Å². The summed E-state index contributed by atoms with van der Waals surface area (Å²) < 4.78 is 13.4. The third-order valence-electron chi connectivity index (χ3n) is 3.14. The molecule has 0 saturated carbocycles. The van der Waals surface area contributed by atoms with E-state index < -0.39 is 17.3 Å². The molecule has 0 spiro atoms. The molecule has 1 aliphatic heterocycles. The van der Waals surface area contributed by atoms with E-state index in [2.05, 4.69) is 10.6 Å². The van der Waals surface area contributed by atoms with E-state index in [4.69, 9.17) is 5.11 Å². The summed E-state index contributed by atoms with van der Waals surface area (Å²) in [6, 6.07) is 3.81. The minimum absolute atomic E-state index is 0.00320. The monoisotopic (exact) mass is 266 g/mol. The van der Waals surface area contributed by atoms with E-state index in [1.54, 1.807) is 0 Å². The predicted octanol–water partition coefficient (Wildman–Crippen LogP) is 1.46. The Morgan fingerprint density at radius 2 is 2.26 bits per heavy atom. The van der Waals surface area contributed by atoms with Crippen LogP contribution in [0.3, 0.4) is 0 Å². The zero-order valence-electron chi connectivity index (χ0n) is 10.3. The molecule has 1 saturated heterocycles. The van der Waals surface area contributed by atoms with Gasteiger partial charge in [0.25, 0.3) is 0 Å². The van der Waals surface area contributed by atoms with E-state index in [-0.39, 0.29) is 17.5 Å². The van der Waals surface area contributed by atoms with Crippen LogP contribution in [-0.2, 0) is 4.79 Å². The van der Waals surface area contributed by atoms with Gasteiger partial charge >= 0.3 is 5.97 Å². The molecule has 1 unspecified atom stereocenters. The predicted molar refractivity (Wildman–Crippen MR) is 67.6 cm³/mol. The average molecular weight is 266 g/mol. The molecule has 1 heterocycles. The SMILES string of the molecule is O=C(CC1CCNC1)Nc1cccc(F)c1C(=O)O. The van der Waals surface area contributed by atoms with Crippen molar-refractivity contribution in [1.29, 1.82) is 0 Å². The van der Waals surface area contributed by atoms with Crippen molar-refractivity contribution in [2.45, 2.75) is 12.8 Å². The number of benzene rings is 1. The minimum atomic E-state index is -1.39. The standard InChI is InChI=1S/C13H15FN2O3/c14-9-2-1-3-10(12(9)13(18)19)16-11(17)6-8-4-5-15-7-8/h1-3,8,15H,4-7H2,(H,16,17)(H,18,19). The van der Waals surface area contributed by atoms with Crippen LogP contribution in [0.15, 0.2) is 18.2 Å². The molecule has 0 aliphatic carbocycles. The van der Waals surface area contributed by atoms with Gasteiger partial charge in [0, 0.05) is 6.42 Å². The van der Waals surface area contributed by atoms with E-state index in [1.807, 2.05) is 0 Å². The fraction of sp³-hybridized carbons (Fsp3) is 0.385. The highest BCUT2D eigenvalue weighted by Gasteiger charge is 2.21. The Morgan fingerprint density at radius 3 is 2.89 bits per heavy atom. The first kappa shape index (κ1) is 13.5. The van der Waals surface area contributed by atoms with E-state index in [1.165, 1.54) is 12.1 Å². The number of carbonyl (C=O) groups is 2. The largest absolute Gasteiger partial charge is 0.478 e. The number of anilines is 1. The Hall–Kier alpha value is -1.95. The Labute approximate surface area is 109 Å². The van der Waals surface area contributed by atoms with Gasteiger partial charge in [0.2, 0.25) is 5.91 Å². The molecule has 0 bridgehead atoms. The Kier molecular flexibility index (Phi) is 4.11. The van der Waals surface area contributed by atoms with E-state index in [0.717, 1.165) is 25.6 Å². The normalized spacial score (nSPS) is 18.3. The van der Waals surface area contributed by atoms with Crippen molar-refractivity contribution in [1.82, 2.24) is 5.32 Å². The highest BCUT2D eigenvalue weighted by molar-refractivity contribution is 6.00. The maximum atomic E-state index is 13.4. The third-order valence-corrected chi connectivity index (χ3v) is 3.14. The van der Waals surface area contributed by atoms with Gasteiger partial charge < -0.3 is 15.7 Å². The van der Waals surface area contributed by atoms with Gasteiger partial charge in [-0.3, -0.25) is 4.79 Å². The number of hydrogen-bond acceptors (Lipinski definition) is 3. The lowest BCUT2D eigenvalue weighted by Gasteiger charge is -2.11. The molecular weight excluding hydrogens is 251 g/mol. The Morgan fingerprint density at radius 1 is 1.47 bits per heavy atom. The molecule has 1 aromatic carbocycles. The molecule has 1 aromatic rings. The summed E-state index contributed by atoms with van der Waals surface area (Å²) in [5, 5.41) is 14.6. The quantitative estimate of drug-likeness (QED) is 0.771. The number of amides is 1. The Balaban J connectivity index is 2.07. The summed E-state index contributed by atoms with van der Waals surface area (Å²) in [5.41, 5.74) is -0.496. The fourth-order valence-corrected chi connectivity index (χ4v) is 2.20. The number of carbonyl (C=O) groups excluding carboxylic acids is 1. The van der Waals surface area contributed by atoms with Crippen LogP contribution in [0.1, 0.15) is 23.2 Å². The van der Waals surface area contributed by atoms with Gasteiger partial charge in [-0.1, -0.05) is 6.07 Å². The number of carboxylic acid groups (broad SMARTS) is 1. The number of nitrogens with one attached hydrogen (secondary N) is 2. The van der Waals surface area contributed by atoms with E-state index in [0.29, 0.717) is 6.42 Å². The van der Waals surface area contributed by atoms with E-state index >= 15 is 0 Å². The molecule has 102 valence electrons. The van der Waals surface area contributed by atoms with Crippen LogP contribution in [0.5, 0.6) is 0 Å². The summed E-state index contributed by atoms with van der Waals surface area (Å²) in [4.78, 5) is 22.8. The van der Waals surface area contributed by atoms with Gasteiger partial charge in [-0.25, -0.2) is 9.18 Å². The summed E-state index contributed by atoms with van der Waals surface area (Å²) in [5.74, 6) is -2.28. The molecule has 1 amide bonds. The van der Waals surface area contributed by atoms with Crippen molar-refractivity contribution in [3.05, 3.63) is 29.6 Å². The summed E-state index contributed by atoms with van der Waals surface area (Å²) >= 11 is 0. The number of halogens is 1. The number of rotatable bonds is 4. The van der Waals surface area contributed by atoms with Crippen LogP contribution in [-0.4, -0.2) is 30.1 Å². The second-order valence-corrected chi connectivity index (χ2v) is 4.58. The number of aromatic carboxylic acids is 1. The first-order valence-electron chi connectivity index (χ1n) is 6.10. The lowest BCUT2D eigenvalue weighted by molar-refractivity contribution is -0.116. The smallest absolute Gasteiger partial charge is 0.340 e. The molecule has 0 aromatic heterocycles. The molecule has 19 heavy (non-hydrogen) atoms. The zero-order chi connectivity index (χ0) is 13.8. The first-order chi connectivity index (χ1) is 9.08. The van der Waals surface area contributed by atoms with Gasteiger partial charge in [-0.2, -0.15) is 0 Å². The van der Waals surface area contributed by atoms with Gasteiger partial charge in [-0.05, 0) is 37.6 Å². The van der Waals surface area contributed by atoms with Crippen LogP contribution in [0.2, 0.25) is 0 Å². The molecule has 2 rings (SSSR count). The van der Waals surface area contributed by atoms with Crippen molar-refractivity contribution >= 4 is 17.6 Å². The molecule has 6 heteroatoms. The van der Waals surface area contributed by atoms with Crippen molar-refractivity contribution in [2.24, 2.45) is 5.92 Å². The van der Waals surface area contributed by atoms with Gasteiger partial charge in [0.05, 0.1) is 5.69 Å². The molecule has 1 aliphatic rings. The number of carboxylic acids is 1. The number of hydrogen-bond donors (Lipinski definition) is 3. The topological polar surface area (TPSA) is 78.4 Å². The van der Waals surface area contributed by atoms with Crippen molar-refractivity contribution in [3.8, 4) is 0 Å². The van der Waals surface area contributed by atoms with Crippen molar-refractivity contribution in [2.75, 3.05) is 18.4 Å². The third kappa shape index (κ3) is 3.29. The highest BCUT2D eigenvalue weighted by Crippen LogP contribution is 2.20. The van der Waals surface area contributed by atoms with Gasteiger partial charge in [0.1, 0.15) is 11.4 Å². The van der Waals surface area contributed by atoms with E-state index in [9.17, 15) is 14.0 Å². The average Bonchev–Trinajstić information content (AvgIpc) is 2.81. The van der Waals surface area contributed by atoms with Gasteiger partial charge in [0.15, 0.2) is 0 Å². The fourth-order valence-electron chi connectivity index (χ4n) is 2.20. The maximum absolute atomic E-state index is 13.4. The lowest BCUT2D eigenvalue weighted by Crippen LogP contribution is -2.20. The summed E-state index contributed by atoms with van der Waals surface area (Å²) in [6.07, 6.45) is 1.23. The minimum Gasteiger partial charge on any atom is -0.478 e. The van der Waals surface area contributed by atoms with Crippen molar-refractivity contribution < 1.29 is 19.1 Å². The first-order valence-corrected chi connectivity index (χ1v) is 6.10. The highest BCUT2D eigenvalue weighted by atomic mass is 19.1. The molecular formula is C13H15FN2O3. The summed E-state index contributed by atoms with van der Waals surface area (Å²) in [7, 11) is 0. The van der Waals surface area contributed by atoms with Crippen LogP contribution >= 0.6 is 0 Å². The molecule has 3 N–H and O–H groups in total. The molecule has 5 nitrogen and oxygen atoms in total. The summed E-state index contributed by atoms with van der Waals surface area (Å²) in [6.45, 7) is 1.67. The van der Waals surface area contributed by atoms with Crippen LogP contribution < -0.4 is 10.6 Å². The van der Waals surface area contributed by atoms with Crippen molar-refractivity contribution in [3.63, 3.8) is 0 Å².